The standard InChI is InChI=1S/C14H10ClNOS/c1-18-14-10(15)7-6-9-12(14)16-11-5-3-2-4-8(11)13(9)17/h2-7H,1H3,(H,16,17). The number of hydrogen-bond donors (Lipinski definition) is 1. The molecule has 0 spiro atoms. The third-order valence-electron chi connectivity index (χ3n) is 2.99. The maximum absolute atomic E-state index is 12.4. The summed E-state index contributed by atoms with van der Waals surface area (Å²) in [5.74, 6) is 0. The van der Waals surface area contributed by atoms with E-state index in [0.29, 0.717) is 15.8 Å². The molecule has 0 bridgehead atoms. The third kappa shape index (κ3) is 1.62. The Morgan fingerprint density at radius 1 is 1.11 bits per heavy atom. The van der Waals surface area contributed by atoms with Crippen molar-refractivity contribution in [2.45, 2.75) is 4.90 Å². The number of pyridine rings is 1. The van der Waals surface area contributed by atoms with Gasteiger partial charge in [-0.3, -0.25) is 4.79 Å². The van der Waals surface area contributed by atoms with E-state index in [2.05, 4.69) is 4.98 Å². The van der Waals surface area contributed by atoms with E-state index in [1.807, 2.05) is 30.5 Å². The SMILES string of the molecule is CSc1c(Cl)ccc2c(=O)c3ccccc3[nH]c12. The van der Waals surface area contributed by atoms with Crippen LogP contribution in [-0.4, -0.2) is 11.2 Å². The van der Waals surface area contributed by atoms with Gasteiger partial charge in [0.25, 0.3) is 0 Å². The Morgan fingerprint density at radius 2 is 1.89 bits per heavy atom. The molecule has 0 amide bonds. The molecule has 3 rings (SSSR count). The summed E-state index contributed by atoms with van der Waals surface area (Å²) in [7, 11) is 0. The van der Waals surface area contributed by atoms with Gasteiger partial charge in [0, 0.05) is 21.2 Å². The van der Waals surface area contributed by atoms with Gasteiger partial charge in [-0.25, -0.2) is 0 Å². The highest BCUT2D eigenvalue weighted by atomic mass is 35.5. The highest BCUT2D eigenvalue weighted by molar-refractivity contribution is 7.99. The van der Waals surface area contributed by atoms with E-state index < -0.39 is 0 Å². The molecule has 0 radical (unpaired) electrons. The first-order valence-electron chi connectivity index (χ1n) is 5.49. The number of H-pyrrole nitrogens is 1. The van der Waals surface area contributed by atoms with Crippen LogP contribution >= 0.6 is 23.4 Å². The van der Waals surface area contributed by atoms with E-state index >= 15 is 0 Å². The van der Waals surface area contributed by atoms with Crippen LogP contribution in [0.1, 0.15) is 0 Å². The van der Waals surface area contributed by atoms with Gasteiger partial charge in [0.15, 0.2) is 5.43 Å². The average Bonchev–Trinajstić information content (AvgIpc) is 2.39. The summed E-state index contributed by atoms with van der Waals surface area (Å²) in [6, 6.07) is 11.1. The van der Waals surface area contributed by atoms with E-state index in [9.17, 15) is 4.79 Å². The van der Waals surface area contributed by atoms with Crippen molar-refractivity contribution < 1.29 is 0 Å². The van der Waals surface area contributed by atoms with Gasteiger partial charge >= 0.3 is 0 Å². The topological polar surface area (TPSA) is 32.9 Å². The van der Waals surface area contributed by atoms with Crippen LogP contribution in [0.3, 0.4) is 0 Å². The van der Waals surface area contributed by atoms with Gasteiger partial charge in [-0.15, -0.1) is 11.8 Å². The number of rotatable bonds is 1. The maximum atomic E-state index is 12.4. The number of nitrogens with one attached hydrogen (secondary N) is 1. The van der Waals surface area contributed by atoms with Crippen molar-refractivity contribution in [1.82, 2.24) is 4.98 Å². The van der Waals surface area contributed by atoms with E-state index in [1.165, 1.54) is 0 Å². The lowest BCUT2D eigenvalue weighted by Gasteiger charge is -2.07. The second-order valence-electron chi connectivity index (χ2n) is 4.00. The fourth-order valence-electron chi connectivity index (χ4n) is 2.14. The Bertz CT molecular complexity index is 810. The lowest BCUT2D eigenvalue weighted by molar-refractivity contribution is 1.40. The van der Waals surface area contributed by atoms with Crippen molar-refractivity contribution in [3.8, 4) is 0 Å². The van der Waals surface area contributed by atoms with Gasteiger partial charge in [-0.05, 0) is 30.5 Å². The Balaban J connectivity index is 2.60. The fourth-order valence-corrected chi connectivity index (χ4v) is 3.16. The maximum Gasteiger partial charge on any atom is 0.197 e. The summed E-state index contributed by atoms with van der Waals surface area (Å²) in [5, 5.41) is 2.06. The highest BCUT2D eigenvalue weighted by Crippen LogP contribution is 2.31. The normalized spacial score (nSPS) is 11.2. The van der Waals surface area contributed by atoms with E-state index in [4.69, 9.17) is 11.6 Å². The van der Waals surface area contributed by atoms with Crippen LogP contribution in [0.5, 0.6) is 0 Å². The van der Waals surface area contributed by atoms with Gasteiger partial charge in [0.2, 0.25) is 0 Å². The predicted octanol–water partition coefficient (Wildman–Crippen LogP) is 4.06. The summed E-state index contributed by atoms with van der Waals surface area (Å²) in [6.45, 7) is 0. The van der Waals surface area contributed by atoms with Crippen LogP contribution in [-0.2, 0) is 0 Å². The quantitative estimate of drug-likeness (QED) is 0.537. The van der Waals surface area contributed by atoms with Crippen molar-refractivity contribution >= 4 is 45.2 Å². The first kappa shape index (κ1) is 11.6. The first-order valence-corrected chi connectivity index (χ1v) is 7.10. The van der Waals surface area contributed by atoms with E-state index in [-0.39, 0.29) is 5.43 Å². The molecule has 3 aromatic rings. The Morgan fingerprint density at radius 3 is 2.67 bits per heavy atom. The lowest BCUT2D eigenvalue weighted by Crippen LogP contribution is -2.04. The molecular formula is C14H10ClNOS. The predicted molar refractivity (Wildman–Crippen MR) is 78.9 cm³/mol. The van der Waals surface area contributed by atoms with Crippen molar-refractivity contribution in [3.05, 3.63) is 51.6 Å². The Hall–Kier alpha value is -1.45. The molecule has 0 atom stereocenters. The van der Waals surface area contributed by atoms with Gasteiger partial charge < -0.3 is 4.98 Å². The zero-order chi connectivity index (χ0) is 12.7. The van der Waals surface area contributed by atoms with Crippen molar-refractivity contribution in [2.24, 2.45) is 0 Å². The third-order valence-corrected chi connectivity index (χ3v) is 4.25. The van der Waals surface area contributed by atoms with E-state index in [1.54, 1.807) is 23.9 Å². The summed E-state index contributed by atoms with van der Waals surface area (Å²) in [4.78, 5) is 16.6. The smallest absolute Gasteiger partial charge is 0.197 e. The number of fused-ring (bicyclic) bond motifs is 2. The minimum atomic E-state index is 0.0475. The summed E-state index contributed by atoms with van der Waals surface area (Å²) in [5.41, 5.74) is 1.71. The van der Waals surface area contributed by atoms with Crippen molar-refractivity contribution in [1.29, 1.82) is 0 Å². The molecule has 1 heterocycles. The number of aromatic amines is 1. The number of aromatic nitrogens is 1. The molecule has 0 fully saturated rings. The monoisotopic (exact) mass is 275 g/mol. The number of thioether (sulfide) groups is 1. The average molecular weight is 276 g/mol. The minimum absolute atomic E-state index is 0.0475. The lowest BCUT2D eigenvalue weighted by atomic mass is 10.1. The van der Waals surface area contributed by atoms with Crippen LogP contribution < -0.4 is 5.43 Å². The number of para-hydroxylation sites is 1. The summed E-state index contributed by atoms with van der Waals surface area (Å²) in [6.07, 6.45) is 1.95. The van der Waals surface area contributed by atoms with Crippen LogP contribution in [0, 0.1) is 0 Å². The van der Waals surface area contributed by atoms with Crippen LogP contribution in [0.25, 0.3) is 21.8 Å². The van der Waals surface area contributed by atoms with Crippen LogP contribution in [0.4, 0.5) is 0 Å². The zero-order valence-corrected chi connectivity index (χ0v) is 11.2. The minimum Gasteiger partial charge on any atom is -0.353 e. The highest BCUT2D eigenvalue weighted by Gasteiger charge is 2.10. The molecule has 2 aromatic carbocycles. The molecule has 4 heteroatoms. The van der Waals surface area contributed by atoms with Gasteiger partial charge in [-0.2, -0.15) is 0 Å². The molecule has 0 aliphatic carbocycles. The van der Waals surface area contributed by atoms with E-state index in [0.717, 1.165) is 15.9 Å². The Labute approximate surface area is 113 Å². The van der Waals surface area contributed by atoms with Crippen LogP contribution in [0.2, 0.25) is 5.02 Å². The van der Waals surface area contributed by atoms with Crippen molar-refractivity contribution in [3.63, 3.8) is 0 Å². The van der Waals surface area contributed by atoms with Crippen molar-refractivity contribution in [2.75, 3.05) is 6.26 Å². The first-order chi connectivity index (χ1) is 8.72. The van der Waals surface area contributed by atoms with Gasteiger partial charge in [0.05, 0.1) is 10.5 Å². The molecule has 90 valence electrons. The molecule has 1 aromatic heterocycles. The molecule has 18 heavy (non-hydrogen) atoms. The van der Waals surface area contributed by atoms with Gasteiger partial charge in [-0.1, -0.05) is 23.7 Å². The molecule has 2 nitrogen and oxygen atoms in total. The molecule has 0 saturated heterocycles. The molecule has 0 saturated carbocycles. The molecule has 0 aliphatic heterocycles. The zero-order valence-electron chi connectivity index (χ0n) is 9.66. The summed E-state index contributed by atoms with van der Waals surface area (Å²) < 4.78 is 0. The Kier molecular flexibility index (Phi) is 2.80. The summed E-state index contributed by atoms with van der Waals surface area (Å²) >= 11 is 7.70. The second-order valence-corrected chi connectivity index (χ2v) is 5.23. The van der Waals surface area contributed by atoms with Crippen LogP contribution in [0.15, 0.2) is 46.1 Å². The molecule has 1 N–H and O–H groups in total. The van der Waals surface area contributed by atoms with Gasteiger partial charge in [0.1, 0.15) is 0 Å². The number of halogens is 1. The molecular weight excluding hydrogens is 266 g/mol. The molecule has 0 unspecified atom stereocenters. The number of benzene rings is 2. The second kappa shape index (κ2) is 4.34. The fraction of sp³-hybridized carbons (Fsp3) is 0.0714. The largest absolute Gasteiger partial charge is 0.353 e. The number of hydrogen-bond acceptors (Lipinski definition) is 2. The molecule has 0 aliphatic rings.